The first kappa shape index (κ1) is 15.2. The van der Waals surface area contributed by atoms with Gasteiger partial charge in [-0.05, 0) is 37.3 Å². The molecule has 0 saturated carbocycles. The molecule has 7 heteroatoms. The molecule has 3 heterocycles. The predicted molar refractivity (Wildman–Crippen MR) is 98.1 cm³/mol. The fourth-order valence-corrected chi connectivity index (χ4v) is 5.07. The van der Waals surface area contributed by atoms with Crippen molar-refractivity contribution >= 4 is 33.2 Å². The van der Waals surface area contributed by atoms with Gasteiger partial charge in [0.1, 0.15) is 10.7 Å². The standard InChI is InChI=1S/C18H15ClN2O3S/c19-11-7-13-12(23-8-24-13)6-10(11)16-20-17(22)15-9-4-2-1-3-5-14(9)25-18(15)21-16/h6-7H,1-5,8H2,(H,20,21,22). The zero-order chi connectivity index (χ0) is 17.0. The molecular weight excluding hydrogens is 360 g/mol. The topological polar surface area (TPSA) is 64.2 Å². The molecule has 0 bridgehead atoms. The highest BCUT2D eigenvalue weighted by atomic mass is 35.5. The van der Waals surface area contributed by atoms with Crippen LogP contribution in [0.25, 0.3) is 21.6 Å². The molecule has 3 aromatic rings. The van der Waals surface area contributed by atoms with Crippen LogP contribution < -0.4 is 15.0 Å². The molecule has 128 valence electrons. The molecule has 0 amide bonds. The number of aromatic nitrogens is 2. The molecule has 0 atom stereocenters. The van der Waals surface area contributed by atoms with Crippen molar-refractivity contribution < 1.29 is 9.47 Å². The molecule has 0 radical (unpaired) electrons. The highest BCUT2D eigenvalue weighted by Crippen LogP contribution is 2.40. The van der Waals surface area contributed by atoms with Crippen LogP contribution in [0.1, 0.15) is 29.7 Å². The Kier molecular flexibility index (Phi) is 3.50. The lowest BCUT2D eigenvalue weighted by Crippen LogP contribution is -2.10. The second-order valence-electron chi connectivity index (χ2n) is 6.34. The molecule has 1 N–H and O–H groups in total. The molecule has 2 aliphatic rings. The first-order chi connectivity index (χ1) is 12.2. The molecule has 1 aromatic carbocycles. The molecule has 5 rings (SSSR count). The van der Waals surface area contributed by atoms with Gasteiger partial charge in [0.2, 0.25) is 6.79 Å². The van der Waals surface area contributed by atoms with Crippen LogP contribution in [0.5, 0.6) is 11.5 Å². The lowest BCUT2D eigenvalue weighted by molar-refractivity contribution is 0.174. The third-order valence-corrected chi connectivity index (χ3v) is 6.29. The van der Waals surface area contributed by atoms with Crippen LogP contribution in [0.3, 0.4) is 0 Å². The van der Waals surface area contributed by atoms with Gasteiger partial charge in [-0.2, -0.15) is 0 Å². The van der Waals surface area contributed by atoms with Crippen molar-refractivity contribution in [2.75, 3.05) is 6.79 Å². The zero-order valence-electron chi connectivity index (χ0n) is 13.4. The number of halogens is 1. The van der Waals surface area contributed by atoms with Gasteiger partial charge in [-0.1, -0.05) is 18.0 Å². The number of aromatic amines is 1. The molecule has 1 aliphatic carbocycles. The Morgan fingerprint density at radius 3 is 2.80 bits per heavy atom. The van der Waals surface area contributed by atoms with E-state index in [1.165, 1.54) is 23.3 Å². The number of H-pyrrole nitrogens is 1. The average Bonchev–Trinajstić information content (AvgIpc) is 3.11. The van der Waals surface area contributed by atoms with Crippen molar-refractivity contribution in [3.63, 3.8) is 0 Å². The number of ether oxygens (including phenoxy) is 2. The van der Waals surface area contributed by atoms with E-state index in [0.717, 1.165) is 29.5 Å². The molecule has 0 spiro atoms. The molecule has 0 fully saturated rings. The van der Waals surface area contributed by atoms with E-state index < -0.39 is 0 Å². The molecule has 0 saturated heterocycles. The monoisotopic (exact) mass is 374 g/mol. The normalized spacial score (nSPS) is 16.0. The maximum atomic E-state index is 12.8. The predicted octanol–water partition coefficient (Wildman–Crippen LogP) is 4.30. The summed E-state index contributed by atoms with van der Waals surface area (Å²) in [4.78, 5) is 22.5. The number of fused-ring (bicyclic) bond motifs is 4. The van der Waals surface area contributed by atoms with Gasteiger partial charge < -0.3 is 14.5 Å². The van der Waals surface area contributed by atoms with Gasteiger partial charge in [0, 0.05) is 16.5 Å². The fraction of sp³-hybridized carbons (Fsp3) is 0.333. The fourth-order valence-electron chi connectivity index (χ4n) is 3.57. The Balaban J connectivity index is 1.70. The van der Waals surface area contributed by atoms with Crippen LogP contribution in [-0.4, -0.2) is 16.8 Å². The van der Waals surface area contributed by atoms with E-state index in [-0.39, 0.29) is 12.4 Å². The Morgan fingerprint density at radius 1 is 1.12 bits per heavy atom. The van der Waals surface area contributed by atoms with Crippen molar-refractivity contribution in [2.45, 2.75) is 32.1 Å². The van der Waals surface area contributed by atoms with E-state index in [0.29, 0.717) is 27.9 Å². The Morgan fingerprint density at radius 2 is 1.92 bits per heavy atom. The largest absolute Gasteiger partial charge is 0.454 e. The third kappa shape index (κ3) is 2.43. The van der Waals surface area contributed by atoms with Gasteiger partial charge in [-0.15, -0.1) is 11.3 Å². The number of nitrogens with one attached hydrogen (secondary N) is 1. The second kappa shape index (κ2) is 5.75. The van der Waals surface area contributed by atoms with Gasteiger partial charge in [-0.3, -0.25) is 4.79 Å². The highest BCUT2D eigenvalue weighted by Gasteiger charge is 2.22. The summed E-state index contributed by atoms with van der Waals surface area (Å²) in [7, 11) is 0. The summed E-state index contributed by atoms with van der Waals surface area (Å²) in [5.41, 5.74) is 1.75. The minimum absolute atomic E-state index is 0.0897. The number of rotatable bonds is 1. The minimum atomic E-state index is -0.0897. The van der Waals surface area contributed by atoms with E-state index in [1.807, 2.05) is 0 Å². The van der Waals surface area contributed by atoms with Gasteiger partial charge in [0.25, 0.3) is 5.56 Å². The van der Waals surface area contributed by atoms with Gasteiger partial charge in [-0.25, -0.2) is 4.98 Å². The Hall–Kier alpha value is -2.05. The third-order valence-electron chi connectivity index (χ3n) is 4.79. The zero-order valence-corrected chi connectivity index (χ0v) is 14.9. The summed E-state index contributed by atoms with van der Waals surface area (Å²) < 4.78 is 10.7. The molecule has 1 aliphatic heterocycles. The van der Waals surface area contributed by atoms with Crippen LogP contribution in [0.4, 0.5) is 0 Å². The van der Waals surface area contributed by atoms with E-state index in [4.69, 9.17) is 26.1 Å². The first-order valence-electron chi connectivity index (χ1n) is 8.35. The SMILES string of the molecule is O=c1[nH]c(-c2cc3c(cc2Cl)OCO3)nc2sc3c(c12)CCCCC3. The lowest BCUT2D eigenvalue weighted by atomic mass is 10.1. The van der Waals surface area contributed by atoms with E-state index in [9.17, 15) is 4.79 Å². The van der Waals surface area contributed by atoms with Gasteiger partial charge in [0.05, 0.1) is 10.4 Å². The Labute approximate surface area is 152 Å². The lowest BCUT2D eigenvalue weighted by Gasteiger charge is -2.06. The summed E-state index contributed by atoms with van der Waals surface area (Å²) in [5, 5.41) is 1.23. The number of aryl methyl sites for hydroxylation is 2. The van der Waals surface area contributed by atoms with Gasteiger partial charge >= 0.3 is 0 Å². The number of benzene rings is 1. The van der Waals surface area contributed by atoms with Crippen LogP contribution in [0.15, 0.2) is 16.9 Å². The van der Waals surface area contributed by atoms with Crippen LogP contribution >= 0.6 is 22.9 Å². The summed E-state index contributed by atoms with van der Waals surface area (Å²) in [6.07, 6.45) is 5.53. The Bertz CT molecular complexity index is 1060. The quantitative estimate of drug-likeness (QED) is 0.645. The smallest absolute Gasteiger partial charge is 0.260 e. The molecular formula is C18H15ClN2O3S. The summed E-state index contributed by atoms with van der Waals surface area (Å²) >= 11 is 8.01. The number of nitrogens with zero attached hydrogens (tertiary/aromatic N) is 1. The average molecular weight is 375 g/mol. The molecule has 25 heavy (non-hydrogen) atoms. The molecule has 2 aromatic heterocycles. The maximum absolute atomic E-state index is 12.8. The van der Waals surface area contributed by atoms with E-state index in [2.05, 4.69) is 4.98 Å². The first-order valence-corrected chi connectivity index (χ1v) is 9.54. The number of thiophene rings is 1. The highest BCUT2D eigenvalue weighted by molar-refractivity contribution is 7.18. The van der Waals surface area contributed by atoms with Crippen molar-refractivity contribution in [1.82, 2.24) is 9.97 Å². The molecule has 5 nitrogen and oxygen atoms in total. The maximum Gasteiger partial charge on any atom is 0.260 e. The summed E-state index contributed by atoms with van der Waals surface area (Å²) in [6, 6.07) is 3.47. The van der Waals surface area contributed by atoms with E-state index >= 15 is 0 Å². The van der Waals surface area contributed by atoms with Crippen molar-refractivity contribution in [3.8, 4) is 22.9 Å². The summed E-state index contributed by atoms with van der Waals surface area (Å²) in [5.74, 6) is 1.70. The number of hydrogen-bond acceptors (Lipinski definition) is 5. The van der Waals surface area contributed by atoms with Crippen LogP contribution in [-0.2, 0) is 12.8 Å². The van der Waals surface area contributed by atoms with Gasteiger partial charge in [0.15, 0.2) is 11.5 Å². The molecule has 0 unspecified atom stereocenters. The van der Waals surface area contributed by atoms with Crippen molar-refractivity contribution in [2.24, 2.45) is 0 Å². The minimum Gasteiger partial charge on any atom is -0.454 e. The van der Waals surface area contributed by atoms with E-state index in [1.54, 1.807) is 23.5 Å². The van der Waals surface area contributed by atoms with Crippen molar-refractivity contribution in [1.29, 1.82) is 0 Å². The summed E-state index contributed by atoms with van der Waals surface area (Å²) in [6.45, 7) is 0.176. The van der Waals surface area contributed by atoms with Crippen molar-refractivity contribution in [3.05, 3.63) is 37.9 Å². The second-order valence-corrected chi connectivity index (χ2v) is 7.84. The van der Waals surface area contributed by atoms with Crippen LogP contribution in [0, 0.1) is 0 Å². The number of hydrogen-bond donors (Lipinski definition) is 1. The van der Waals surface area contributed by atoms with Crippen LogP contribution in [0.2, 0.25) is 5.02 Å².